The van der Waals surface area contributed by atoms with E-state index < -0.39 is 6.10 Å². The molecule has 0 spiro atoms. The van der Waals surface area contributed by atoms with Gasteiger partial charge >= 0.3 is 0 Å². The third-order valence-electron chi connectivity index (χ3n) is 3.62. The summed E-state index contributed by atoms with van der Waals surface area (Å²) in [6, 6.07) is 6.06. The number of aliphatic hydroxyl groups excluding tert-OH is 1. The van der Waals surface area contributed by atoms with Crippen LogP contribution in [0, 0.1) is 13.8 Å². The molecule has 0 bridgehead atoms. The molecule has 0 saturated heterocycles. The van der Waals surface area contributed by atoms with Crippen LogP contribution in [0.4, 0.5) is 0 Å². The Labute approximate surface area is 124 Å². The Morgan fingerprint density at radius 3 is 2.81 bits per heavy atom. The first kappa shape index (κ1) is 15.5. The molecule has 1 unspecified atom stereocenters. The molecule has 5 nitrogen and oxygen atoms in total. The summed E-state index contributed by atoms with van der Waals surface area (Å²) in [6.45, 7) is 4.41. The van der Waals surface area contributed by atoms with E-state index in [1.54, 1.807) is 7.05 Å². The molecule has 0 aliphatic heterocycles. The van der Waals surface area contributed by atoms with Crippen molar-refractivity contribution in [2.45, 2.75) is 20.0 Å². The van der Waals surface area contributed by atoms with Crippen molar-refractivity contribution in [1.82, 2.24) is 9.88 Å². The van der Waals surface area contributed by atoms with Gasteiger partial charge in [-0.05, 0) is 31.5 Å². The van der Waals surface area contributed by atoms with Gasteiger partial charge in [-0.15, -0.1) is 0 Å². The highest BCUT2D eigenvalue weighted by atomic mass is 16.5. The Balaban J connectivity index is 2.25. The predicted octanol–water partition coefficient (Wildman–Crippen LogP) is 1.86. The Morgan fingerprint density at radius 2 is 2.14 bits per heavy atom. The quantitative estimate of drug-likeness (QED) is 0.883. The highest BCUT2D eigenvalue weighted by molar-refractivity contribution is 6.00. The normalized spacial score (nSPS) is 12.6. The molecular formula is C16H22N2O3. The van der Waals surface area contributed by atoms with Crippen molar-refractivity contribution < 1.29 is 14.6 Å². The number of nitrogens with one attached hydrogen (secondary N) is 1. The topological polar surface area (TPSA) is 65.6 Å². The fraction of sp³-hybridized carbons (Fsp3) is 0.438. The summed E-state index contributed by atoms with van der Waals surface area (Å²) >= 11 is 0. The first-order chi connectivity index (χ1) is 9.93. The van der Waals surface area contributed by atoms with Crippen molar-refractivity contribution in [1.29, 1.82) is 0 Å². The average molecular weight is 290 g/mol. The smallest absolute Gasteiger partial charge is 0.270 e. The fourth-order valence-electron chi connectivity index (χ4n) is 2.49. The lowest BCUT2D eigenvalue weighted by molar-refractivity contribution is 0.0378. The van der Waals surface area contributed by atoms with Crippen LogP contribution < -0.4 is 0 Å². The van der Waals surface area contributed by atoms with E-state index in [1.165, 1.54) is 12.0 Å². The lowest BCUT2D eigenvalue weighted by Gasteiger charge is -2.20. The molecule has 1 heterocycles. The number of aliphatic hydroxyl groups is 1. The number of benzene rings is 1. The van der Waals surface area contributed by atoms with Gasteiger partial charge in [-0.1, -0.05) is 11.6 Å². The van der Waals surface area contributed by atoms with E-state index in [-0.39, 0.29) is 19.1 Å². The summed E-state index contributed by atoms with van der Waals surface area (Å²) in [5, 5.41) is 10.8. The van der Waals surface area contributed by atoms with Crippen molar-refractivity contribution >= 4 is 16.8 Å². The maximum atomic E-state index is 12.5. The first-order valence-electron chi connectivity index (χ1n) is 6.95. The molecule has 1 amide bonds. The van der Waals surface area contributed by atoms with Crippen LogP contribution in [0.1, 0.15) is 21.6 Å². The highest BCUT2D eigenvalue weighted by Gasteiger charge is 2.20. The highest BCUT2D eigenvalue weighted by Crippen LogP contribution is 2.23. The number of nitrogens with zero attached hydrogens (tertiary/aromatic N) is 1. The third kappa shape index (κ3) is 3.25. The summed E-state index contributed by atoms with van der Waals surface area (Å²) in [5.74, 6) is -0.128. The molecule has 1 atom stereocenters. The van der Waals surface area contributed by atoms with Gasteiger partial charge in [-0.25, -0.2) is 0 Å². The fourth-order valence-corrected chi connectivity index (χ4v) is 2.49. The van der Waals surface area contributed by atoms with Gasteiger partial charge in [-0.3, -0.25) is 4.79 Å². The molecule has 0 aliphatic carbocycles. The summed E-state index contributed by atoms with van der Waals surface area (Å²) in [5.41, 5.74) is 3.62. The van der Waals surface area contributed by atoms with E-state index in [2.05, 4.69) is 11.1 Å². The standard InChI is InChI=1S/C16H22N2O3/c1-10-5-6-14-13(7-10)11(2)15(17-14)16(20)18(3)8-12(19)9-21-4/h5-7,12,17,19H,8-9H2,1-4H3. The summed E-state index contributed by atoms with van der Waals surface area (Å²) in [4.78, 5) is 17.2. The SMILES string of the molecule is COCC(O)CN(C)C(=O)c1[nH]c2ccc(C)cc2c1C. The molecule has 2 rings (SSSR count). The first-order valence-corrected chi connectivity index (χ1v) is 6.95. The van der Waals surface area contributed by atoms with Crippen LogP contribution in [0.5, 0.6) is 0 Å². The largest absolute Gasteiger partial charge is 0.389 e. The molecule has 0 aliphatic rings. The monoisotopic (exact) mass is 290 g/mol. The third-order valence-corrected chi connectivity index (χ3v) is 3.62. The molecule has 0 saturated carbocycles. The van der Waals surface area contributed by atoms with Crippen molar-refractivity contribution in [3.63, 3.8) is 0 Å². The number of aromatic amines is 1. The number of hydrogen-bond donors (Lipinski definition) is 2. The number of ether oxygens (including phenoxy) is 1. The molecule has 2 aromatic rings. The molecule has 0 radical (unpaired) electrons. The number of H-pyrrole nitrogens is 1. The zero-order valence-electron chi connectivity index (χ0n) is 12.9. The van der Waals surface area contributed by atoms with Crippen LogP contribution in [0.2, 0.25) is 0 Å². The Morgan fingerprint density at radius 1 is 1.43 bits per heavy atom. The molecule has 21 heavy (non-hydrogen) atoms. The van der Waals surface area contributed by atoms with Crippen LogP contribution in [0.25, 0.3) is 10.9 Å². The number of carbonyl (C=O) groups is 1. The minimum absolute atomic E-state index is 0.128. The number of amides is 1. The maximum absolute atomic E-state index is 12.5. The average Bonchev–Trinajstić information content (AvgIpc) is 2.75. The number of fused-ring (bicyclic) bond motifs is 1. The Kier molecular flexibility index (Phi) is 4.65. The van der Waals surface area contributed by atoms with Crippen LogP contribution in [0.15, 0.2) is 18.2 Å². The van der Waals surface area contributed by atoms with Crippen molar-refractivity contribution in [3.05, 3.63) is 35.0 Å². The molecule has 114 valence electrons. The molecule has 1 aromatic carbocycles. The second kappa shape index (κ2) is 6.28. The van der Waals surface area contributed by atoms with Crippen LogP contribution >= 0.6 is 0 Å². The van der Waals surface area contributed by atoms with Gasteiger partial charge in [0.2, 0.25) is 0 Å². The number of carbonyl (C=O) groups excluding carboxylic acids is 1. The lowest BCUT2D eigenvalue weighted by atomic mass is 10.1. The summed E-state index contributed by atoms with van der Waals surface area (Å²) in [6.07, 6.45) is -0.684. The zero-order chi connectivity index (χ0) is 15.6. The van der Waals surface area contributed by atoms with Crippen LogP contribution in [-0.4, -0.2) is 54.3 Å². The molecule has 2 N–H and O–H groups in total. The van der Waals surface area contributed by atoms with E-state index in [9.17, 15) is 9.90 Å². The second-order valence-electron chi connectivity index (χ2n) is 5.47. The van der Waals surface area contributed by atoms with Crippen LogP contribution in [-0.2, 0) is 4.74 Å². The van der Waals surface area contributed by atoms with Gasteiger partial charge in [0.15, 0.2) is 0 Å². The molecule has 1 aromatic heterocycles. The van der Waals surface area contributed by atoms with E-state index in [0.717, 1.165) is 22.0 Å². The van der Waals surface area contributed by atoms with Gasteiger partial charge < -0.3 is 19.7 Å². The van der Waals surface area contributed by atoms with Crippen molar-refractivity contribution in [3.8, 4) is 0 Å². The number of aryl methyl sites for hydroxylation is 2. The van der Waals surface area contributed by atoms with Gasteiger partial charge in [0.25, 0.3) is 5.91 Å². The number of rotatable bonds is 5. The van der Waals surface area contributed by atoms with Crippen LogP contribution in [0.3, 0.4) is 0 Å². The number of methoxy groups -OCH3 is 1. The van der Waals surface area contributed by atoms with Crippen molar-refractivity contribution in [2.24, 2.45) is 0 Å². The van der Waals surface area contributed by atoms with E-state index in [4.69, 9.17) is 4.74 Å². The number of hydrogen-bond acceptors (Lipinski definition) is 3. The summed E-state index contributed by atoms with van der Waals surface area (Å²) < 4.78 is 4.88. The Bertz CT molecular complexity index is 648. The van der Waals surface area contributed by atoms with Crippen molar-refractivity contribution in [2.75, 3.05) is 27.3 Å². The van der Waals surface area contributed by atoms with Gasteiger partial charge in [0.1, 0.15) is 5.69 Å². The minimum atomic E-state index is -0.684. The van der Waals surface area contributed by atoms with Gasteiger partial charge in [0, 0.05) is 31.6 Å². The number of likely N-dealkylation sites (N-methyl/N-ethyl adjacent to an activating group) is 1. The molecule has 0 fully saturated rings. The molecule has 5 heteroatoms. The maximum Gasteiger partial charge on any atom is 0.270 e. The Hall–Kier alpha value is -1.85. The minimum Gasteiger partial charge on any atom is -0.389 e. The predicted molar refractivity (Wildman–Crippen MR) is 82.6 cm³/mol. The van der Waals surface area contributed by atoms with Gasteiger partial charge in [0.05, 0.1) is 12.7 Å². The molecular weight excluding hydrogens is 268 g/mol. The lowest BCUT2D eigenvalue weighted by Crippen LogP contribution is -2.36. The van der Waals surface area contributed by atoms with E-state index >= 15 is 0 Å². The number of aromatic nitrogens is 1. The summed E-state index contributed by atoms with van der Waals surface area (Å²) in [7, 11) is 3.20. The van der Waals surface area contributed by atoms with Gasteiger partial charge in [-0.2, -0.15) is 0 Å². The second-order valence-corrected chi connectivity index (χ2v) is 5.47. The van der Waals surface area contributed by atoms with E-state index in [0.29, 0.717) is 5.69 Å². The van der Waals surface area contributed by atoms with E-state index in [1.807, 2.05) is 26.0 Å². The zero-order valence-corrected chi connectivity index (χ0v) is 12.9.